The van der Waals surface area contributed by atoms with Gasteiger partial charge >= 0.3 is 0 Å². The molecule has 1 aromatic carbocycles. The van der Waals surface area contributed by atoms with Gasteiger partial charge in [-0.15, -0.1) is 6.58 Å². The molecular formula is C16H23FN2. The Morgan fingerprint density at radius 2 is 2.11 bits per heavy atom. The van der Waals surface area contributed by atoms with E-state index in [-0.39, 0.29) is 11.9 Å². The Kier molecular flexibility index (Phi) is 4.72. The van der Waals surface area contributed by atoms with Gasteiger partial charge in [0.15, 0.2) is 0 Å². The van der Waals surface area contributed by atoms with Crippen molar-refractivity contribution in [2.45, 2.75) is 26.3 Å². The lowest BCUT2D eigenvalue weighted by Crippen LogP contribution is -2.45. The number of rotatable bonds is 4. The first-order valence-corrected chi connectivity index (χ1v) is 6.93. The predicted octanol–water partition coefficient (Wildman–Crippen LogP) is 3.05. The maximum Gasteiger partial charge on any atom is 0.123 e. The zero-order valence-corrected chi connectivity index (χ0v) is 11.9. The molecule has 0 spiro atoms. The fourth-order valence-corrected chi connectivity index (χ4v) is 2.73. The number of nitrogens with one attached hydrogen (secondary N) is 1. The van der Waals surface area contributed by atoms with Gasteiger partial charge in [-0.25, -0.2) is 4.39 Å². The van der Waals surface area contributed by atoms with Crippen LogP contribution >= 0.6 is 0 Å². The number of aryl methyl sites for hydroxylation is 1. The fraction of sp³-hybridized carbons (Fsp3) is 0.500. The average Bonchev–Trinajstić information content (AvgIpc) is 2.40. The Morgan fingerprint density at radius 3 is 2.74 bits per heavy atom. The Hall–Kier alpha value is -1.19. The van der Waals surface area contributed by atoms with Crippen LogP contribution in [-0.4, -0.2) is 31.1 Å². The lowest BCUT2D eigenvalue weighted by atomic mass is 9.94. The third-order valence-electron chi connectivity index (χ3n) is 3.73. The largest absolute Gasteiger partial charge is 0.314 e. The van der Waals surface area contributed by atoms with Crippen LogP contribution in [0.15, 0.2) is 30.4 Å². The van der Waals surface area contributed by atoms with Crippen LogP contribution in [0.25, 0.3) is 0 Å². The zero-order chi connectivity index (χ0) is 13.8. The molecule has 2 nitrogen and oxygen atoms in total. The number of halogens is 1. The van der Waals surface area contributed by atoms with Gasteiger partial charge in [0, 0.05) is 32.2 Å². The average molecular weight is 262 g/mol. The number of hydrogen-bond acceptors (Lipinski definition) is 2. The molecule has 0 unspecified atom stereocenters. The van der Waals surface area contributed by atoms with E-state index < -0.39 is 0 Å². The fourth-order valence-electron chi connectivity index (χ4n) is 2.73. The van der Waals surface area contributed by atoms with Crippen molar-refractivity contribution in [3.05, 3.63) is 47.3 Å². The highest BCUT2D eigenvalue weighted by Gasteiger charge is 2.23. The Balaban J connectivity index is 2.29. The van der Waals surface area contributed by atoms with Gasteiger partial charge in [-0.3, -0.25) is 4.90 Å². The summed E-state index contributed by atoms with van der Waals surface area (Å²) in [4.78, 5) is 2.44. The normalized spacial score (nSPS) is 18.3. The van der Waals surface area contributed by atoms with Crippen LogP contribution in [0.1, 0.15) is 30.5 Å². The highest BCUT2D eigenvalue weighted by molar-refractivity contribution is 5.30. The third kappa shape index (κ3) is 3.64. The highest BCUT2D eigenvalue weighted by Crippen LogP contribution is 2.30. The van der Waals surface area contributed by atoms with Crippen molar-refractivity contribution >= 4 is 0 Å². The number of nitrogens with zero attached hydrogens (tertiary/aromatic N) is 1. The summed E-state index contributed by atoms with van der Waals surface area (Å²) in [5.74, 6) is -0.151. The second-order valence-electron chi connectivity index (χ2n) is 5.46. The molecule has 104 valence electrons. The molecule has 0 aliphatic carbocycles. The molecule has 1 aliphatic rings. The molecular weight excluding hydrogens is 239 g/mol. The summed E-state index contributed by atoms with van der Waals surface area (Å²) in [6.07, 6.45) is 0.893. The Labute approximate surface area is 115 Å². The molecule has 1 fully saturated rings. The van der Waals surface area contributed by atoms with Crippen molar-refractivity contribution in [3.8, 4) is 0 Å². The summed E-state index contributed by atoms with van der Waals surface area (Å²) in [5.41, 5.74) is 3.41. The summed E-state index contributed by atoms with van der Waals surface area (Å²) >= 11 is 0. The van der Waals surface area contributed by atoms with Gasteiger partial charge in [-0.1, -0.05) is 11.6 Å². The van der Waals surface area contributed by atoms with Crippen molar-refractivity contribution in [2.75, 3.05) is 26.2 Å². The predicted molar refractivity (Wildman–Crippen MR) is 77.8 cm³/mol. The molecule has 0 radical (unpaired) electrons. The van der Waals surface area contributed by atoms with Gasteiger partial charge in [0.1, 0.15) is 5.82 Å². The standard InChI is InChI=1S/C16H23FN2/c1-12(2)10-16(19-8-6-18-7-9-19)15-11-14(17)5-4-13(15)3/h4-5,11,16,18H,1,6-10H2,2-3H3/t16-/m1/s1. The van der Waals surface area contributed by atoms with Crippen molar-refractivity contribution in [1.82, 2.24) is 10.2 Å². The lowest BCUT2D eigenvalue weighted by molar-refractivity contribution is 0.171. The van der Waals surface area contributed by atoms with E-state index in [9.17, 15) is 4.39 Å². The molecule has 0 aromatic heterocycles. The molecule has 0 saturated carbocycles. The first-order chi connectivity index (χ1) is 9.08. The van der Waals surface area contributed by atoms with Gasteiger partial charge in [0.2, 0.25) is 0 Å². The van der Waals surface area contributed by atoms with E-state index >= 15 is 0 Å². The molecule has 0 amide bonds. The van der Waals surface area contributed by atoms with E-state index in [1.54, 1.807) is 6.07 Å². The highest BCUT2D eigenvalue weighted by atomic mass is 19.1. The molecule has 0 bridgehead atoms. The van der Waals surface area contributed by atoms with Crippen molar-refractivity contribution in [3.63, 3.8) is 0 Å². The van der Waals surface area contributed by atoms with Gasteiger partial charge in [-0.2, -0.15) is 0 Å². The smallest absolute Gasteiger partial charge is 0.123 e. The summed E-state index contributed by atoms with van der Waals surface area (Å²) < 4.78 is 13.6. The monoisotopic (exact) mass is 262 g/mol. The maximum atomic E-state index is 13.6. The summed E-state index contributed by atoms with van der Waals surface area (Å²) in [6.45, 7) is 12.2. The van der Waals surface area contributed by atoms with E-state index in [0.29, 0.717) is 0 Å². The molecule has 2 rings (SSSR count). The first-order valence-electron chi connectivity index (χ1n) is 6.93. The van der Waals surface area contributed by atoms with Crippen LogP contribution in [0.2, 0.25) is 0 Å². The number of hydrogen-bond donors (Lipinski definition) is 1. The van der Waals surface area contributed by atoms with Crippen molar-refractivity contribution in [1.29, 1.82) is 0 Å². The van der Waals surface area contributed by atoms with Gasteiger partial charge in [0.25, 0.3) is 0 Å². The van der Waals surface area contributed by atoms with Crippen LogP contribution in [-0.2, 0) is 0 Å². The second kappa shape index (κ2) is 6.31. The molecule has 1 atom stereocenters. The van der Waals surface area contributed by atoms with E-state index in [2.05, 4.69) is 23.7 Å². The minimum absolute atomic E-state index is 0.151. The van der Waals surface area contributed by atoms with Crippen LogP contribution in [0, 0.1) is 12.7 Å². The van der Waals surface area contributed by atoms with Crippen LogP contribution in [0.5, 0.6) is 0 Å². The summed E-state index contributed by atoms with van der Waals surface area (Å²) in [7, 11) is 0. The maximum absolute atomic E-state index is 13.6. The number of benzene rings is 1. The minimum atomic E-state index is -0.151. The lowest BCUT2D eigenvalue weighted by Gasteiger charge is -2.36. The molecule has 1 N–H and O–H groups in total. The topological polar surface area (TPSA) is 15.3 Å². The minimum Gasteiger partial charge on any atom is -0.314 e. The van der Waals surface area contributed by atoms with Gasteiger partial charge < -0.3 is 5.32 Å². The van der Waals surface area contributed by atoms with Gasteiger partial charge in [-0.05, 0) is 43.5 Å². The summed E-state index contributed by atoms with van der Waals surface area (Å²) in [5, 5.41) is 3.36. The molecule has 19 heavy (non-hydrogen) atoms. The van der Waals surface area contributed by atoms with E-state index in [0.717, 1.165) is 49.3 Å². The van der Waals surface area contributed by atoms with Crippen molar-refractivity contribution < 1.29 is 4.39 Å². The number of piperazine rings is 1. The van der Waals surface area contributed by atoms with E-state index in [1.165, 1.54) is 6.07 Å². The Morgan fingerprint density at radius 1 is 1.42 bits per heavy atom. The zero-order valence-electron chi connectivity index (χ0n) is 11.9. The van der Waals surface area contributed by atoms with Crippen molar-refractivity contribution in [2.24, 2.45) is 0 Å². The molecule has 1 heterocycles. The molecule has 3 heteroatoms. The molecule has 1 aliphatic heterocycles. The second-order valence-corrected chi connectivity index (χ2v) is 5.46. The SMILES string of the molecule is C=C(C)C[C@H](c1cc(F)ccc1C)N1CCNCC1. The van der Waals surface area contributed by atoms with E-state index in [4.69, 9.17) is 0 Å². The van der Waals surface area contributed by atoms with Crippen LogP contribution in [0.3, 0.4) is 0 Å². The van der Waals surface area contributed by atoms with E-state index in [1.807, 2.05) is 13.0 Å². The van der Waals surface area contributed by atoms with Gasteiger partial charge in [0.05, 0.1) is 0 Å². The Bertz CT molecular complexity index is 450. The van der Waals surface area contributed by atoms with Crippen LogP contribution in [0.4, 0.5) is 4.39 Å². The summed E-state index contributed by atoms with van der Waals surface area (Å²) in [6, 6.07) is 5.34. The molecule has 1 aromatic rings. The first kappa shape index (κ1) is 14.2. The third-order valence-corrected chi connectivity index (χ3v) is 3.73. The van der Waals surface area contributed by atoms with Crippen LogP contribution < -0.4 is 5.32 Å². The molecule has 1 saturated heterocycles. The quantitative estimate of drug-likeness (QED) is 0.839.